The van der Waals surface area contributed by atoms with Gasteiger partial charge in [-0.1, -0.05) is 110 Å². The fraction of sp³-hybridized carbons (Fsp3) is 0.357. The molecule has 1 heterocycles. The molecule has 1 saturated heterocycles. The standard InChI is InChI=1S/C28H31F2IO2Si/c1-27(2,3)34(23-10-6-4-7-11-23,24-12-8-5-9-13-24)33-19-21-17-28(20-31,32-18-21)25-15-14-22(29)16-26(25)30/h4-16,21H,17-20H2,1-3H3/t21-,28-/m0/s1. The van der Waals surface area contributed by atoms with Crippen LogP contribution in [0.4, 0.5) is 8.78 Å². The summed E-state index contributed by atoms with van der Waals surface area (Å²) < 4.78 is 42.1. The molecule has 6 heteroatoms. The van der Waals surface area contributed by atoms with Crippen LogP contribution in [0.2, 0.25) is 5.04 Å². The summed E-state index contributed by atoms with van der Waals surface area (Å²) in [5.41, 5.74) is -0.339. The Morgan fingerprint density at radius 1 is 0.971 bits per heavy atom. The van der Waals surface area contributed by atoms with Gasteiger partial charge in [-0.2, -0.15) is 0 Å². The van der Waals surface area contributed by atoms with E-state index in [1.807, 2.05) is 12.1 Å². The summed E-state index contributed by atoms with van der Waals surface area (Å²) in [6, 6.07) is 24.9. The van der Waals surface area contributed by atoms with Crippen LogP contribution >= 0.6 is 22.6 Å². The van der Waals surface area contributed by atoms with Crippen LogP contribution < -0.4 is 10.4 Å². The van der Waals surface area contributed by atoms with E-state index in [1.54, 1.807) is 0 Å². The van der Waals surface area contributed by atoms with Crippen molar-refractivity contribution >= 4 is 41.3 Å². The van der Waals surface area contributed by atoms with Crippen LogP contribution in [0.5, 0.6) is 0 Å². The zero-order chi connectivity index (χ0) is 24.4. The van der Waals surface area contributed by atoms with Gasteiger partial charge in [-0.25, -0.2) is 8.78 Å². The van der Waals surface area contributed by atoms with E-state index in [9.17, 15) is 8.78 Å². The van der Waals surface area contributed by atoms with E-state index in [2.05, 4.69) is 91.9 Å². The first kappa shape index (κ1) is 25.5. The molecule has 2 atom stereocenters. The van der Waals surface area contributed by atoms with Crippen molar-refractivity contribution in [2.45, 2.75) is 37.8 Å². The highest BCUT2D eigenvalue weighted by molar-refractivity contribution is 14.1. The number of hydrogen-bond acceptors (Lipinski definition) is 2. The molecule has 3 aromatic carbocycles. The average molecular weight is 593 g/mol. The smallest absolute Gasteiger partial charge is 0.261 e. The first-order valence-corrected chi connectivity index (χ1v) is 15.1. The summed E-state index contributed by atoms with van der Waals surface area (Å²) in [7, 11) is -2.65. The Morgan fingerprint density at radius 3 is 2.06 bits per heavy atom. The average Bonchev–Trinajstić information content (AvgIpc) is 3.24. The molecule has 1 aliphatic rings. The lowest BCUT2D eigenvalue weighted by molar-refractivity contribution is 0.0187. The van der Waals surface area contributed by atoms with Crippen LogP contribution in [0.1, 0.15) is 32.8 Å². The van der Waals surface area contributed by atoms with Crippen LogP contribution in [0.25, 0.3) is 0 Å². The number of halogens is 3. The summed E-state index contributed by atoms with van der Waals surface area (Å²) in [5, 5.41) is 2.35. The van der Waals surface area contributed by atoms with Gasteiger partial charge in [-0.15, -0.1) is 0 Å². The Kier molecular flexibility index (Phi) is 7.62. The van der Waals surface area contributed by atoms with Crippen molar-refractivity contribution in [3.63, 3.8) is 0 Å². The Bertz CT molecular complexity index is 1060. The summed E-state index contributed by atoms with van der Waals surface area (Å²) >= 11 is 2.24. The summed E-state index contributed by atoms with van der Waals surface area (Å²) in [6.07, 6.45) is 0.636. The van der Waals surface area contributed by atoms with Crippen LogP contribution in [0.3, 0.4) is 0 Å². The summed E-state index contributed by atoms with van der Waals surface area (Å²) in [5.74, 6) is -1.01. The maximum absolute atomic E-state index is 14.7. The monoisotopic (exact) mass is 592 g/mol. The van der Waals surface area contributed by atoms with Gasteiger partial charge in [0.2, 0.25) is 0 Å². The van der Waals surface area contributed by atoms with Gasteiger partial charge in [0.25, 0.3) is 8.32 Å². The minimum absolute atomic E-state index is 0.112. The Balaban J connectivity index is 1.65. The molecule has 1 aliphatic heterocycles. The quantitative estimate of drug-likeness (QED) is 0.185. The Morgan fingerprint density at radius 2 is 1.56 bits per heavy atom. The second-order valence-corrected chi connectivity index (χ2v) is 15.2. The molecule has 0 bridgehead atoms. The molecule has 0 radical (unpaired) electrons. The lowest BCUT2D eigenvalue weighted by Gasteiger charge is -2.43. The van der Waals surface area contributed by atoms with E-state index in [0.717, 1.165) is 6.07 Å². The van der Waals surface area contributed by atoms with E-state index in [0.29, 0.717) is 29.6 Å². The van der Waals surface area contributed by atoms with Crippen molar-refractivity contribution in [1.82, 2.24) is 0 Å². The predicted octanol–water partition coefficient (Wildman–Crippen LogP) is 6.21. The van der Waals surface area contributed by atoms with Crippen molar-refractivity contribution in [2.75, 3.05) is 17.6 Å². The normalized spacial score (nSPS) is 21.1. The molecule has 0 unspecified atom stereocenters. The third-order valence-electron chi connectivity index (χ3n) is 6.80. The van der Waals surface area contributed by atoms with Crippen molar-refractivity contribution in [2.24, 2.45) is 5.92 Å². The molecular formula is C28H31F2IO2Si. The molecule has 4 rings (SSSR count). The van der Waals surface area contributed by atoms with Crippen molar-refractivity contribution in [1.29, 1.82) is 0 Å². The lowest BCUT2D eigenvalue weighted by Crippen LogP contribution is -2.66. The molecule has 0 N–H and O–H groups in total. The highest BCUT2D eigenvalue weighted by atomic mass is 127. The van der Waals surface area contributed by atoms with Gasteiger partial charge in [-0.3, -0.25) is 0 Å². The second-order valence-electron chi connectivity index (χ2n) is 10.1. The zero-order valence-corrected chi connectivity index (χ0v) is 23.0. The van der Waals surface area contributed by atoms with Crippen LogP contribution in [-0.2, 0) is 14.8 Å². The number of benzene rings is 3. The van der Waals surface area contributed by atoms with Gasteiger partial charge in [0, 0.05) is 28.6 Å². The fourth-order valence-corrected chi connectivity index (χ4v) is 10.8. The number of alkyl halides is 1. The third-order valence-corrected chi connectivity index (χ3v) is 13.0. The van der Waals surface area contributed by atoms with Crippen LogP contribution in [-0.4, -0.2) is 26.0 Å². The Labute approximate surface area is 216 Å². The van der Waals surface area contributed by atoms with Crippen LogP contribution in [0, 0.1) is 17.6 Å². The first-order chi connectivity index (χ1) is 16.2. The molecule has 0 aromatic heterocycles. The molecule has 0 aliphatic carbocycles. The molecule has 34 heavy (non-hydrogen) atoms. The van der Waals surface area contributed by atoms with Crippen molar-refractivity contribution in [3.8, 4) is 0 Å². The van der Waals surface area contributed by atoms with Gasteiger partial charge in [0.15, 0.2) is 0 Å². The topological polar surface area (TPSA) is 18.5 Å². The largest absolute Gasteiger partial charge is 0.407 e. The van der Waals surface area contributed by atoms with E-state index >= 15 is 0 Å². The van der Waals surface area contributed by atoms with Gasteiger partial charge in [0.05, 0.1) is 6.61 Å². The molecule has 0 saturated carbocycles. The molecular weight excluding hydrogens is 561 g/mol. The van der Waals surface area contributed by atoms with Gasteiger partial charge in [-0.05, 0) is 27.9 Å². The predicted molar refractivity (Wildman–Crippen MR) is 145 cm³/mol. The molecule has 0 spiro atoms. The molecule has 0 amide bonds. The number of hydrogen-bond donors (Lipinski definition) is 0. The van der Waals surface area contributed by atoms with E-state index < -0.39 is 25.6 Å². The SMILES string of the molecule is CC(C)(C)[Si](OC[C@@H]1CO[C@@](CI)(c2ccc(F)cc2F)C1)(c1ccccc1)c1ccccc1. The zero-order valence-electron chi connectivity index (χ0n) is 19.9. The van der Waals surface area contributed by atoms with Crippen molar-refractivity contribution < 1.29 is 17.9 Å². The third kappa shape index (κ3) is 4.74. The van der Waals surface area contributed by atoms with Gasteiger partial charge in [0.1, 0.15) is 17.2 Å². The van der Waals surface area contributed by atoms with E-state index in [-0.39, 0.29) is 11.0 Å². The minimum Gasteiger partial charge on any atom is -0.407 e. The van der Waals surface area contributed by atoms with E-state index in [4.69, 9.17) is 9.16 Å². The number of rotatable bonds is 7. The highest BCUT2D eigenvalue weighted by Crippen LogP contribution is 2.43. The molecule has 3 aromatic rings. The van der Waals surface area contributed by atoms with Crippen LogP contribution in [0.15, 0.2) is 78.9 Å². The molecule has 2 nitrogen and oxygen atoms in total. The summed E-state index contributed by atoms with van der Waals surface area (Å²) in [6.45, 7) is 7.78. The second kappa shape index (κ2) is 10.2. The minimum atomic E-state index is -2.65. The van der Waals surface area contributed by atoms with Gasteiger partial charge < -0.3 is 9.16 Å². The maximum atomic E-state index is 14.7. The molecule has 1 fully saturated rings. The molecule has 180 valence electrons. The van der Waals surface area contributed by atoms with E-state index in [1.165, 1.54) is 22.5 Å². The first-order valence-electron chi connectivity index (χ1n) is 11.6. The Hall–Kier alpha value is -1.61. The highest BCUT2D eigenvalue weighted by Gasteiger charge is 2.51. The summed E-state index contributed by atoms with van der Waals surface area (Å²) in [4.78, 5) is 0. The van der Waals surface area contributed by atoms with Crippen molar-refractivity contribution in [3.05, 3.63) is 96.1 Å². The fourth-order valence-electron chi connectivity index (χ4n) is 5.18. The van der Waals surface area contributed by atoms with Gasteiger partial charge >= 0.3 is 0 Å². The maximum Gasteiger partial charge on any atom is 0.261 e. The number of ether oxygens (including phenoxy) is 1. The lowest BCUT2D eigenvalue weighted by atomic mass is 9.89.